The number of ether oxygens (including phenoxy) is 2. The lowest BCUT2D eigenvalue weighted by atomic mass is 10.2. The summed E-state index contributed by atoms with van der Waals surface area (Å²) < 4.78 is 38.2. The van der Waals surface area contributed by atoms with E-state index in [0.29, 0.717) is 28.3 Å². The number of hydrogen-bond acceptors (Lipinski definition) is 3. The molecule has 3 nitrogen and oxygen atoms in total. The minimum atomic E-state index is -1.05. The summed E-state index contributed by atoms with van der Waals surface area (Å²) in [5, 5.41) is 0. The van der Waals surface area contributed by atoms with Crippen LogP contribution in [0.4, 0.5) is 14.5 Å². The summed E-state index contributed by atoms with van der Waals surface area (Å²) in [5.74, 6) is -1.49. The molecule has 2 aromatic carbocycles. The number of halogens is 3. The Labute approximate surface area is 129 Å². The molecule has 0 saturated heterocycles. The Hall–Kier alpha value is -1.82. The van der Waals surface area contributed by atoms with Crippen LogP contribution in [-0.4, -0.2) is 6.61 Å². The van der Waals surface area contributed by atoms with Gasteiger partial charge in [-0.15, -0.1) is 0 Å². The van der Waals surface area contributed by atoms with Crippen molar-refractivity contribution in [3.8, 4) is 17.2 Å². The molecule has 0 saturated carbocycles. The van der Waals surface area contributed by atoms with Crippen molar-refractivity contribution >= 4 is 21.6 Å². The Morgan fingerprint density at radius 1 is 1.14 bits per heavy atom. The molecule has 0 atom stereocenters. The quantitative estimate of drug-likeness (QED) is 0.611. The normalized spacial score (nSPS) is 10.5. The predicted octanol–water partition coefficient (Wildman–Crippen LogP) is 4.89. The first-order valence-electron chi connectivity index (χ1n) is 6.36. The second kappa shape index (κ2) is 6.76. The van der Waals surface area contributed by atoms with Gasteiger partial charge in [-0.2, -0.15) is 4.39 Å². The molecular formula is C15H14BrF2NO2. The molecule has 6 heteroatoms. The number of benzene rings is 2. The molecule has 0 aliphatic carbocycles. The Kier molecular flexibility index (Phi) is 5.01. The molecule has 0 bridgehead atoms. The Morgan fingerprint density at radius 3 is 2.62 bits per heavy atom. The number of nitrogens with two attached hydrogens (primary N) is 1. The fourth-order valence-electron chi connectivity index (χ4n) is 1.65. The van der Waals surface area contributed by atoms with Gasteiger partial charge in [0.25, 0.3) is 0 Å². The number of rotatable bonds is 5. The van der Waals surface area contributed by atoms with Gasteiger partial charge in [-0.1, -0.05) is 22.9 Å². The van der Waals surface area contributed by atoms with Crippen molar-refractivity contribution in [3.05, 3.63) is 46.4 Å². The predicted molar refractivity (Wildman–Crippen MR) is 80.8 cm³/mol. The zero-order chi connectivity index (χ0) is 15.4. The first-order chi connectivity index (χ1) is 10.0. The lowest BCUT2D eigenvalue weighted by Gasteiger charge is -2.12. The monoisotopic (exact) mass is 357 g/mol. The molecule has 2 aromatic rings. The van der Waals surface area contributed by atoms with Crippen LogP contribution >= 0.6 is 15.9 Å². The highest BCUT2D eigenvalue weighted by atomic mass is 79.9. The third-order valence-corrected chi connectivity index (χ3v) is 3.09. The minimum absolute atomic E-state index is 0.215. The zero-order valence-corrected chi connectivity index (χ0v) is 12.9. The van der Waals surface area contributed by atoms with Gasteiger partial charge in [0.05, 0.1) is 12.3 Å². The first-order valence-corrected chi connectivity index (χ1v) is 7.15. The van der Waals surface area contributed by atoms with E-state index in [9.17, 15) is 8.78 Å². The molecule has 0 aromatic heterocycles. The lowest BCUT2D eigenvalue weighted by Crippen LogP contribution is -1.99. The van der Waals surface area contributed by atoms with Crippen molar-refractivity contribution in [2.24, 2.45) is 0 Å². The van der Waals surface area contributed by atoms with Crippen LogP contribution in [0.2, 0.25) is 0 Å². The van der Waals surface area contributed by atoms with E-state index in [-0.39, 0.29) is 5.75 Å². The van der Waals surface area contributed by atoms with Gasteiger partial charge in [0.1, 0.15) is 11.5 Å². The maximum atomic E-state index is 13.7. The van der Waals surface area contributed by atoms with Gasteiger partial charge < -0.3 is 15.2 Å². The summed E-state index contributed by atoms with van der Waals surface area (Å²) in [4.78, 5) is 0. The third kappa shape index (κ3) is 3.85. The molecule has 112 valence electrons. The van der Waals surface area contributed by atoms with Gasteiger partial charge in [-0.25, -0.2) is 4.39 Å². The van der Waals surface area contributed by atoms with Crippen LogP contribution in [0.3, 0.4) is 0 Å². The van der Waals surface area contributed by atoms with Crippen LogP contribution in [0.1, 0.15) is 13.3 Å². The van der Waals surface area contributed by atoms with E-state index < -0.39 is 11.6 Å². The summed E-state index contributed by atoms with van der Waals surface area (Å²) >= 11 is 3.09. The molecule has 0 amide bonds. The molecule has 2 rings (SSSR count). The number of hydrogen-bond donors (Lipinski definition) is 1. The van der Waals surface area contributed by atoms with Gasteiger partial charge >= 0.3 is 0 Å². The maximum absolute atomic E-state index is 13.7. The molecule has 0 aliphatic rings. The summed E-state index contributed by atoms with van der Waals surface area (Å²) in [5.41, 5.74) is 6.23. The average molecular weight is 358 g/mol. The van der Waals surface area contributed by atoms with Gasteiger partial charge in [0.2, 0.25) is 5.82 Å². The van der Waals surface area contributed by atoms with Crippen molar-refractivity contribution in [2.45, 2.75) is 13.3 Å². The molecule has 0 radical (unpaired) electrons. The average Bonchev–Trinajstić information content (AvgIpc) is 2.44. The van der Waals surface area contributed by atoms with Crippen LogP contribution in [0, 0.1) is 11.6 Å². The van der Waals surface area contributed by atoms with Crippen molar-refractivity contribution in [3.63, 3.8) is 0 Å². The lowest BCUT2D eigenvalue weighted by molar-refractivity contribution is 0.317. The topological polar surface area (TPSA) is 44.5 Å². The first kappa shape index (κ1) is 15.6. The molecule has 0 heterocycles. The van der Waals surface area contributed by atoms with Gasteiger partial charge in [0, 0.05) is 10.5 Å². The van der Waals surface area contributed by atoms with Crippen LogP contribution in [0.25, 0.3) is 0 Å². The van der Waals surface area contributed by atoms with Crippen molar-refractivity contribution in [1.29, 1.82) is 0 Å². The molecule has 0 aliphatic heterocycles. The van der Waals surface area contributed by atoms with Crippen molar-refractivity contribution in [1.82, 2.24) is 0 Å². The Morgan fingerprint density at radius 2 is 1.90 bits per heavy atom. The van der Waals surface area contributed by atoms with E-state index in [2.05, 4.69) is 15.9 Å². The smallest absolute Gasteiger partial charge is 0.201 e. The molecular weight excluding hydrogens is 344 g/mol. The van der Waals surface area contributed by atoms with Gasteiger partial charge in [-0.05, 0) is 30.7 Å². The van der Waals surface area contributed by atoms with Crippen molar-refractivity contribution < 1.29 is 18.3 Å². The Balaban J connectivity index is 2.27. The Bertz CT molecular complexity index is 650. The van der Waals surface area contributed by atoms with E-state index in [1.807, 2.05) is 6.92 Å². The highest BCUT2D eigenvalue weighted by Gasteiger charge is 2.13. The summed E-state index contributed by atoms with van der Waals surface area (Å²) in [6.07, 6.45) is 0.829. The fourth-order valence-corrected chi connectivity index (χ4v) is 2.06. The van der Waals surface area contributed by atoms with Crippen LogP contribution < -0.4 is 15.2 Å². The van der Waals surface area contributed by atoms with Crippen LogP contribution in [-0.2, 0) is 0 Å². The second-order valence-corrected chi connectivity index (χ2v) is 5.27. The SMILES string of the molecule is CCCOc1cc(Oc2cc(Br)cc(F)c2F)ccc1N. The fraction of sp³-hybridized carbons (Fsp3) is 0.200. The largest absolute Gasteiger partial charge is 0.491 e. The van der Waals surface area contributed by atoms with E-state index >= 15 is 0 Å². The van der Waals surface area contributed by atoms with Gasteiger partial charge in [0.15, 0.2) is 11.6 Å². The number of nitrogen functional groups attached to an aromatic ring is 1. The second-order valence-electron chi connectivity index (χ2n) is 4.35. The molecule has 21 heavy (non-hydrogen) atoms. The molecule has 2 N–H and O–H groups in total. The number of anilines is 1. The standard InChI is InChI=1S/C15H14BrF2NO2/c1-2-5-20-13-8-10(3-4-12(13)19)21-14-7-9(16)6-11(17)15(14)18/h3-4,6-8H,2,5,19H2,1H3. The van der Waals surface area contributed by atoms with Crippen LogP contribution in [0.5, 0.6) is 17.2 Å². The van der Waals surface area contributed by atoms with E-state index in [0.717, 1.165) is 12.5 Å². The molecule has 0 spiro atoms. The van der Waals surface area contributed by atoms with E-state index in [1.165, 1.54) is 6.07 Å². The summed E-state index contributed by atoms with van der Waals surface area (Å²) in [6.45, 7) is 2.48. The maximum Gasteiger partial charge on any atom is 0.201 e. The highest BCUT2D eigenvalue weighted by Crippen LogP contribution is 2.33. The highest BCUT2D eigenvalue weighted by molar-refractivity contribution is 9.10. The van der Waals surface area contributed by atoms with Gasteiger partial charge in [-0.3, -0.25) is 0 Å². The molecule has 0 unspecified atom stereocenters. The summed E-state index contributed by atoms with van der Waals surface area (Å²) in [7, 11) is 0. The summed E-state index contributed by atoms with van der Waals surface area (Å²) in [6, 6.07) is 7.07. The van der Waals surface area contributed by atoms with E-state index in [1.54, 1.807) is 18.2 Å². The van der Waals surface area contributed by atoms with Crippen LogP contribution in [0.15, 0.2) is 34.8 Å². The van der Waals surface area contributed by atoms with E-state index in [4.69, 9.17) is 15.2 Å². The minimum Gasteiger partial charge on any atom is -0.491 e. The zero-order valence-electron chi connectivity index (χ0n) is 11.3. The van der Waals surface area contributed by atoms with Crippen molar-refractivity contribution in [2.75, 3.05) is 12.3 Å². The molecule has 0 fully saturated rings. The third-order valence-electron chi connectivity index (χ3n) is 2.63.